The summed E-state index contributed by atoms with van der Waals surface area (Å²) in [5.41, 5.74) is 8.37. The van der Waals surface area contributed by atoms with Gasteiger partial charge in [-0.1, -0.05) is 60.7 Å². The first-order valence-electron chi connectivity index (χ1n) is 8.37. The lowest BCUT2D eigenvalue weighted by Gasteiger charge is -2.23. The normalized spacial score (nSPS) is 13.0. The van der Waals surface area contributed by atoms with Gasteiger partial charge in [0.1, 0.15) is 0 Å². The van der Waals surface area contributed by atoms with Crippen LogP contribution in [0.4, 0.5) is 0 Å². The highest BCUT2D eigenvalue weighted by molar-refractivity contribution is 5.85. The summed E-state index contributed by atoms with van der Waals surface area (Å²) in [5.74, 6) is -0.0977. The molecule has 2 rings (SSSR count). The van der Waals surface area contributed by atoms with Crippen LogP contribution in [0.5, 0.6) is 0 Å². The topological polar surface area (TPSA) is 58.4 Å². The van der Waals surface area contributed by atoms with E-state index in [2.05, 4.69) is 29.4 Å². The number of nitrogens with zero attached hydrogens (tertiary/aromatic N) is 1. The van der Waals surface area contributed by atoms with E-state index in [1.54, 1.807) is 0 Å². The van der Waals surface area contributed by atoms with E-state index in [-0.39, 0.29) is 24.4 Å². The van der Waals surface area contributed by atoms with Crippen LogP contribution in [-0.2, 0) is 17.8 Å². The molecule has 4 nitrogen and oxygen atoms in total. The molecule has 2 aromatic rings. The molecule has 3 N–H and O–H groups in total. The highest BCUT2D eigenvalue weighted by Gasteiger charge is 2.17. The number of rotatable bonds is 8. The smallest absolute Gasteiger partial charge is 0.237 e. The van der Waals surface area contributed by atoms with Gasteiger partial charge in [-0.15, -0.1) is 12.4 Å². The van der Waals surface area contributed by atoms with Crippen molar-refractivity contribution in [3.63, 3.8) is 0 Å². The van der Waals surface area contributed by atoms with Gasteiger partial charge in [0.2, 0.25) is 5.91 Å². The molecule has 1 unspecified atom stereocenters. The zero-order valence-corrected chi connectivity index (χ0v) is 15.7. The fourth-order valence-corrected chi connectivity index (χ4v) is 2.78. The standard InChI is InChI=1S/C20H27N3O.ClH/c1-16(14-23(2)15-18-11-7-4-8-12-18)22-20(24)19(21)13-17-9-5-3-6-10-17;/h3-12,16,19H,13-15,21H2,1-2H3,(H,22,24);1H/t16?,19-;/m0./s1. The molecule has 2 aromatic carbocycles. The summed E-state index contributed by atoms with van der Waals surface area (Å²) in [5, 5.41) is 3.01. The molecule has 0 fully saturated rings. The Balaban J connectivity index is 0.00000312. The molecule has 0 aliphatic rings. The van der Waals surface area contributed by atoms with Crippen LogP contribution in [0.3, 0.4) is 0 Å². The largest absolute Gasteiger partial charge is 0.351 e. The lowest BCUT2D eigenvalue weighted by atomic mass is 10.1. The monoisotopic (exact) mass is 361 g/mol. The molecule has 0 saturated heterocycles. The van der Waals surface area contributed by atoms with Crippen molar-refractivity contribution in [3.8, 4) is 0 Å². The molecule has 0 saturated carbocycles. The van der Waals surface area contributed by atoms with E-state index in [9.17, 15) is 4.79 Å². The van der Waals surface area contributed by atoms with Gasteiger partial charge in [0.25, 0.3) is 0 Å². The number of nitrogens with one attached hydrogen (secondary N) is 1. The zero-order valence-electron chi connectivity index (χ0n) is 14.9. The second-order valence-corrected chi connectivity index (χ2v) is 6.39. The second kappa shape index (κ2) is 10.9. The highest BCUT2D eigenvalue weighted by Crippen LogP contribution is 2.04. The summed E-state index contributed by atoms with van der Waals surface area (Å²) in [6.45, 7) is 3.64. The van der Waals surface area contributed by atoms with Crippen LogP contribution in [0.15, 0.2) is 60.7 Å². The van der Waals surface area contributed by atoms with E-state index in [4.69, 9.17) is 5.73 Å². The molecule has 0 aliphatic heterocycles. The summed E-state index contributed by atoms with van der Waals surface area (Å²) in [6.07, 6.45) is 0.555. The molecule has 0 aromatic heterocycles. The number of carbonyl (C=O) groups excluding carboxylic acids is 1. The molecular formula is C20H28ClN3O. The van der Waals surface area contributed by atoms with Crippen molar-refractivity contribution >= 4 is 18.3 Å². The number of likely N-dealkylation sites (N-methyl/N-ethyl adjacent to an activating group) is 1. The molecule has 2 atom stereocenters. The van der Waals surface area contributed by atoms with Gasteiger partial charge >= 0.3 is 0 Å². The van der Waals surface area contributed by atoms with Gasteiger partial charge in [0.05, 0.1) is 6.04 Å². The van der Waals surface area contributed by atoms with Crippen LogP contribution < -0.4 is 11.1 Å². The number of hydrogen-bond acceptors (Lipinski definition) is 3. The van der Waals surface area contributed by atoms with Crippen molar-refractivity contribution < 1.29 is 4.79 Å². The maximum atomic E-state index is 12.2. The molecular weight excluding hydrogens is 334 g/mol. The SMILES string of the molecule is CC(CN(C)Cc1ccccc1)NC(=O)[C@@H](N)Cc1ccccc1.Cl. The summed E-state index contributed by atoms with van der Waals surface area (Å²) < 4.78 is 0. The van der Waals surface area contributed by atoms with Crippen molar-refractivity contribution in [1.82, 2.24) is 10.2 Å². The Hall–Kier alpha value is -1.88. The van der Waals surface area contributed by atoms with E-state index in [0.29, 0.717) is 6.42 Å². The van der Waals surface area contributed by atoms with Crippen molar-refractivity contribution in [2.24, 2.45) is 5.73 Å². The number of amides is 1. The lowest BCUT2D eigenvalue weighted by Crippen LogP contribution is -2.48. The summed E-state index contributed by atoms with van der Waals surface area (Å²) in [6, 6.07) is 19.7. The Morgan fingerprint density at radius 2 is 1.56 bits per heavy atom. The summed E-state index contributed by atoms with van der Waals surface area (Å²) in [4.78, 5) is 14.4. The van der Waals surface area contributed by atoms with Crippen LogP contribution in [-0.4, -0.2) is 36.5 Å². The maximum absolute atomic E-state index is 12.2. The molecule has 1 amide bonds. The zero-order chi connectivity index (χ0) is 17.4. The maximum Gasteiger partial charge on any atom is 0.237 e. The molecule has 25 heavy (non-hydrogen) atoms. The number of carbonyl (C=O) groups is 1. The van der Waals surface area contributed by atoms with E-state index in [0.717, 1.165) is 18.7 Å². The van der Waals surface area contributed by atoms with Crippen molar-refractivity contribution in [2.75, 3.05) is 13.6 Å². The van der Waals surface area contributed by atoms with Gasteiger partial charge in [0.15, 0.2) is 0 Å². The molecule has 0 bridgehead atoms. The minimum Gasteiger partial charge on any atom is -0.351 e. The van der Waals surface area contributed by atoms with Gasteiger partial charge < -0.3 is 16.0 Å². The van der Waals surface area contributed by atoms with Gasteiger partial charge in [-0.05, 0) is 31.5 Å². The van der Waals surface area contributed by atoms with Gasteiger partial charge in [0, 0.05) is 19.1 Å². The molecule has 136 valence electrons. The van der Waals surface area contributed by atoms with E-state index < -0.39 is 6.04 Å². The van der Waals surface area contributed by atoms with Crippen molar-refractivity contribution in [1.29, 1.82) is 0 Å². The fraction of sp³-hybridized carbons (Fsp3) is 0.350. The predicted molar refractivity (Wildman–Crippen MR) is 106 cm³/mol. The van der Waals surface area contributed by atoms with Crippen LogP contribution >= 0.6 is 12.4 Å². The van der Waals surface area contributed by atoms with Gasteiger partial charge in [-0.2, -0.15) is 0 Å². The average Bonchev–Trinajstić information content (AvgIpc) is 2.56. The number of hydrogen-bond donors (Lipinski definition) is 2. The fourth-order valence-electron chi connectivity index (χ4n) is 2.78. The first kappa shape index (κ1) is 21.2. The molecule has 0 spiro atoms. The van der Waals surface area contributed by atoms with Crippen molar-refractivity contribution in [3.05, 3.63) is 71.8 Å². The van der Waals surface area contributed by atoms with Crippen LogP contribution in [0.25, 0.3) is 0 Å². The minimum atomic E-state index is -0.519. The quantitative estimate of drug-likeness (QED) is 0.759. The first-order chi connectivity index (χ1) is 11.5. The second-order valence-electron chi connectivity index (χ2n) is 6.39. The summed E-state index contributed by atoms with van der Waals surface area (Å²) in [7, 11) is 2.06. The molecule has 5 heteroatoms. The van der Waals surface area contributed by atoms with Crippen LogP contribution in [0, 0.1) is 0 Å². The van der Waals surface area contributed by atoms with E-state index in [1.807, 2.05) is 55.5 Å². The number of benzene rings is 2. The molecule has 0 heterocycles. The van der Waals surface area contributed by atoms with Crippen LogP contribution in [0.2, 0.25) is 0 Å². The Bertz CT molecular complexity index is 621. The Labute approximate surface area is 156 Å². The highest BCUT2D eigenvalue weighted by atomic mass is 35.5. The Morgan fingerprint density at radius 3 is 2.12 bits per heavy atom. The Morgan fingerprint density at radius 1 is 1.04 bits per heavy atom. The third kappa shape index (κ3) is 7.69. The average molecular weight is 362 g/mol. The van der Waals surface area contributed by atoms with E-state index in [1.165, 1.54) is 5.56 Å². The molecule has 0 radical (unpaired) electrons. The van der Waals surface area contributed by atoms with Gasteiger partial charge in [-0.25, -0.2) is 0 Å². The third-order valence-electron chi connectivity index (χ3n) is 3.90. The van der Waals surface area contributed by atoms with Crippen molar-refractivity contribution in [2.45, 2.75) is 32.0 Å². The minimum absolute atomic E-state index is 0. The van der Waals surface area contributed by atoms with E-state index >= 15 is 0 Å². The predicted octanol–water partition coefficient (Wildman–Crippen LogP) is 2.61. The molecule has 0 aliphatic carbocycles. The van der Waals surface area contributed by atoms with Gasteiger partial charge in [-0.3, -0.25) is 4.79 Å². The summed E-state index contributed by atoms with van der Waals surface area (Å²) >= 11 is 0. The number of halogens is 1. The Kier molecular flexibility index (Phi) is 9.21. The first-order valence-corrected chi connectivity index (χ1v) is 8.37. The van der Waals surface area contributed by atoms with Crippen LogP contribution in [0.1, 0.15) is 18.1 Å². The lowest BCUT2D eigenvalue weighted by molar-refractivity contribution is -0.123. The number of nitrogens with two attached hydrogens (primary N) is 1. The third-order valence-corrected chi connectivity index (χ3v) is 3.90.